The van der Waals surface area contributed by atoms with Crippen LogP contribution in [-0.2, 0) is 14.8 Å². The first-order chi connectivity index (χ1) is 15.1. The van der Waals surface area contributed by atoms with Crippen molar-refractivity contribution in [3.63, 3.8) is 0 Å². The Bertz CT molecular complexity index is 1030. The van der Waals surface area contributed by atoms with Gasteiger partial charge in [-0.3, -0.25) is 4.79 Å². The highest BCUT2D eigenvalue weighted by Gasteiger charge is 2.34. The van der Waals surface area contributed by atoms with Gasteiger partial charge in [0.2, 0.25) is 15.9 Å². The molecule has 2 aromatic carbocycles. The predicted molar refractivity (Wildman–Crippen MR) is 126 cm³/mol. The molecule has 1 saturated heterocycles. The molecule has 2 aromatic rings. The number of piperidine rings is 1. The third-order valence-corrected chi connectivity index (χ3v) is 8.28. The van der Waals surface area contributed by atoms with Crippen LogP contribution in [0.5, 0.6) is 5.75 Å². The van der Waals surface area contributed by atoms with Gasteiger partial charge >= 0.3 is 0 Å². The van der Waals surface area contributed by atoms with Crippen molar-refractivity contribution in [2.24, 2.45) is 5.92 Å². The molecule has 32 heavy (non-hydrogen) atoms. The standard InChI is InChI=1S/C25H34N2O4S/c1-6-31-23-9-7-21(8-10-23)20(5)26-25(28)22-11-13-27(14-12-22)32(29,30)24-18(3)15-17(2)16-19(24)4/h7-10,15-16,20,22H,6,11-14H2,1-5H3,(H,26,28)/t20-/m1/s1. The van der Waals surface area contributed by atoms with Gasteiger partial charge in [-0.2, -0.15) is 4.31 Å². The molecule has 0 radical (unpaired) electrons. The highest BCUT2D eigenvalue weighted by molar-refractivity contribution is 7.89. The first-order valence-corrected chi connectivity index (χ1v) is 12.7. The van der Waals surface area contributed by atoms with Crippen LogP contribution in [0.3, 0.4) is 0 Å². The molecule has 1 atom stereocenters. The summed E-state index contributed by atoms with van der Waals surface area (Å²) in [6, 6.07) is 11.4. The van der Waals surface area contributed by atoms with Crippen LogP contribution in [0.15, 0.2) is 41.3 Å². The number of sulfonamides is 1. The summed E-state index contributed by atoms with van der Waals surface area (Å²) >= 11 is 0. The summed E-state index contributed by atoms with van der Waals surface area (Å²) in [6.45, 7) is 10.9. The largest absolute Gasteiger partial charge is 0.494 e. The third kappa shape index (κ3) is 5.33. The van der Waals surface area contributed by atoms with Crippen molar-refractivity contribution in [2.75, 3.05) is 19.7 Å². The van der Waals surface area contributed by atoms with Crippen LogP contribution < -0.4 is 10.1 Å². The number of aryl methyl sites for hydroxylation is 3. The Hall–Kier alpha value is -2.38. The molecule has 6 nitrogen and oxygen atoms in total. The van der Waals surface area contributed by atoms with Crippen LogP contribution in [0.4, 0.5) is 0 Å². The van der Waals surface area contributed by atoms with Crippen molar-refractivity contribution in [3.8, 4) is 5.75 Å². The fourth-order valence-electron chi connectivity index (χ4n) is 4.50. The molecule has 0 saturated carbocycles. The molecule has 1 N–H and O–H groups in total. The molecular formula is C25H34N2O4S. The number of carbonyl (C=O) groups excluding carboxylic acids is 1. The Morgan fingerprint density at radius 1 is 1.09 bits per heavy atom. The van der Waals surface area contributed by atoms with Gasteiger partial charge in [-0.05, 0) is 76.3 Å². The summed E-state index contributed by atoms with van der Waals surface area (Å²) in [7, 11) is -3.57. The van der Waals surface area contributed by atoms with Crippen LogP contribution in [0.1, 0.15) is 55.0 Å². The normalized spacial score (nSPS) is 16.5. The Balaban J connectivity index is 1.61. The van der Waals surface area contributed by atoms with E-state index in [0.717, 1.165) is 28.0 Å². The van der Waals surface area contributed by atoms with Crippen LogP contribution in [0.2, 0.25) is 0 Å². The molecule has 0 aromatic heterocycles. The van der Waals surface area contributed by atoms with Gasteiger partial charge in [0.15, 0.2) is 0 Å². The van der Waals surface area contributed by atoms with E-state index in [9.17, 15) is 13.2 Å². The average molecular weight is 459 g/mol. The molecule has 1 fully saturated rings. The molecule has 1 heterocycles. The number of carbonyl (C=O) groups is 1. The minimum atomic E-state index is -3.57. The van der Waals surface area contributed by atoms with Crippen LogP contribution in [-0.4, -0.2) is 38.3 Å². The molecule has 1 amide bonds. The Kier molecular flexibility index (Phi) is 7.62. The van der Waals surface area contributed by atoms with E-state index in [1.807, 2.05) is 71.0 Å². The zero-order valence-corrected chi connectivity index (χ0v) is 20.5. The number of nitrogens with one attached hydrogen (secondary N) is 1. The molecule has 3 rings (SSSR count). The Morgan fingerprint density at radius 2 is 1.66 bits per heavy atom. The van der Waals surface area contributed by atoms with Crippen molar-refractivity contribution in [2.45, 2.75) is 58.4 Å². The van der Waals surface area contributed by atoms with E-state index in [-0.39, 0.29) is 17.9 Å². The molecule has 1 aliphatic heterocycles. The second kappa shape index (κ2) is 10.0. The van der Waals surface area contributed by atoms with E-state index < -0.39 is 10.0 Å². The van der Waals surface area contributed by atoms with Gasteiger partial charge in [0.25, 0.3) is 0 Å². The highest BCUT2D eigenvalue weighted by Crippen LogP contribution is 2.29. The van der Waals surface area contributed by atoms with Gasteiger partial charge in [0, 0.05) is 19.0 Å². The van der Waals surface area contributed by atoms with E-state index >= 15 is 0 Å². The smallest absolute Gasteiger partial charge is 0.243 e. The Labute approximate surface area is 192 Å². The number of hydrogen-bond acceptors (Lipinski definition) is 4. The summed E-state index contributed by atoms with van der Waals surface area (Å²) < 4.78 is 33.5. The van der Waals surface area contributed by atoms with Gasteiger partial charge in [-0.1, -0.05) is 29.8 Å². The van der Waals surface area contributed by atoms with Gasteiger partial charge in [-0.25, -0.2) is 8.42 Å². The molecule has 0 aliphatic carbocycles. The average Bonchev–Trinajstić information content (AvgIpc) is 2.73. The van der Waals surface area contributed by atoms with Gasteiger partial charge in [-0.15, -0.1) is 0 Å². The fraction of sp³-hybridized carbons (Fsp3) is 0.480. The van der Waals surface area contributed by atoms with Gasteiger partial charge in [0.1, 0.15) is 5.75 Å². The third-order valence-electron chi connectivity index (χ3n) is 6.08. The van der Waals surface area contributed by atoms with Crippen molar-refractivity contribution in [3.05, 3.63) is 58.7 Å². The van der Waals surface area contributed by atoms with Crippen LogP contribution >= 0.6 is 0 Å². The van der Waals surface area contributed by atoms with Gasteiger partial charge in [0.05, 0.1) is 17.5 Å². The summed E-state index contributed by atoms with van der Waals surface area (Å²) in [5.41, 5.74) is 3.60. The molecule has 0 unspecified atom stereocenters. The van der Waals surface area contributed by atoms with Gasteiger partial charge < -0.3 is 10.1 Å². The summed E-state index contributed by atoms with van der Waals surface area (Å²) in [5, 5.41) is 3.08. The second-order valence-corrected chi connectivity index (χ2v) is 10.5. The zero-order valence-electron chi connectivity index (χ0n) is 19.6. The highest BCUT2D eigenvalue weighted by atomic mass is 32.2. The summed E-state index contributed by atoms with van der Waals surface area (Å²) in [5.74, 6) is 0.598. The maximum atomic E-state index is 13.3. The fourth-order valence-corrected chi connectivity index (χ4v) is 6.38. The lowest BCUT2D eigenvalue weighted by Gasteiger charge is -2.32. The minimum Gasteiger partial charge on any atom is -0.494 e. The van der Waals surface area contributed by atoms with E-state index in [2.05, 4.69) is 5.32 Å². The monoisotopic (exact) mass is 458 g/mol. The first kappa shape index (κ1) is 24.3. The number of rotatable bonds is 7. The molecule has 0 bridgehead atoms. The molecule has 7 heteroatoms. The van der Waals surface area contributed by atoms with Crippen molar-refractivity contribution in [1.29, 1.82) is 0 Å². The number of hydrogen-bond donors (Lipinski definition) is 1. The van der Waals surface area contributed by atoms with E-state index in [4.69, 9.17) is 4.74 Å². The lowest BCUT2D eigenvalue weighted by atomic mass is 9.96. The number of ether oxygens (including phenoxy) is 1. The number of benzene rings is 2. The molecule has 1 aliphatic rings. The molecular weight excluding hydrogens is 424 g/mol. The van der Waals surface area contributed by atoms with Crippen molar-refractivity contribution >= 4 is 15.9 Å². The van der Waals surface area contributed by atoms with Crippen molar-refractivity contribution in [1.82, 2.24) is 9.62 Å². The van der Waals surface area contributed by atoms with Crippen molar-refractivity contribution < 1.29 is 17.9 Å². The predicted octanol–water partition coefficient (Wildman–Crippen LogP) is 4.29. The minimum absolute atomic E-state index is 0.0221. The second-order valence-electron chi connectivity index (χ2n) is 8.64. The van der Waals surface area contributed by atoms with E-state index in [0.29, 0.717) is 37.4 Å². The molecule has 0 spiro atoms. The topological polar surface area (TPSA) is 75.7 Å². The maximum absolute atomic E-state index is 13.3. The van der Waals surface area contributed by atoms with Crippen LogP contribution in [0.25, 0.3) is 0 Å². The Morgan fingerprint density at radius 3 is 2.19 bits per heavy atom. The summed E-state index contributed by atoms with van der Waals surface area (Å²) in [6.07, 6.45) is 1.04. The number of amides is 1. The quantitative estimate of drug-likeness (QED) is 0.672. The van der Waals surface area contributed by atoms with E-state index in [1.54, 1.807) is 0 Å². The number of nitrogens with zero attached hydrogens (tertiary/aromatic N) is 1. The SMILES string of the molecule is CCOc1ccc([C@@H](C)NC(=O)C2CCN(S(=O)(=O)c3c(C)cc(C)cc3C)CC2)cc1. The first-order valence-electron chi connectivity index (χ1n) is 11.2. The van der Waals surface area contributed by atoms with Crippen LogP contribution in [0, 0.1) is 26.7 Å². The van der Waals surface area contributed by atoms with E-state index in [1.165, 1.54) is 4.31 Å². The lowest BCUT2D eigenvalue weighted by Crippen LogP contribution is -2.43. The zero-order chi connectivity index (χ0) is 23.5. The molecule has 174 valence electrons. The summed E-state index contributed by atoms with van der Waals surface area (Å²) in [4.78, 5) is 13.2. The maximum Gasteiger partial charge on any atom is 0.243 e. The lowest BCUT2D eigenvalue weighted by molar-refractivity contribution is -0.126.